The van der Waals surface area contributed by atoms with Gasteiger partial charge < -0.3 is 5.32 Å². The molecule has 1 aromatic heterocycles. The van der Waals surface area contributed by atoms with Gasteiger partial charge in [-0.1, -0.05) is 31.2 Å². The monoisotopic (exact) mass is 287 g/mol. The maximum absolute atomic E-state index is 12.0. The summed E-state index contributed by atoms with van der Waals surface area (Å²) in [6.45, 7) is 1.96. The van der Waals surface area contributed by atoms with Crippen molar-refractivity contribution < 1.29 is 4.79 Å². The second-order valence-electron chi connectivity index (χ2n) is 4.22. The van der Waals surface area contributed by atoms with Gasteiger partial charge in [-0.15, -0.1) is 11.3 Å². The first kappa shape index (κ1) is 14.3. The normalized spacial score (nSPS) is 12.2. The summed E-state index contributed by atoms with van der Waals surface area (Å²) in [6, 6.07) is 13.3. The Hall–Kier alpha value is -2.14. The lowest BCUT2D eigenvalue weighted by molar-refractivity contribution is -0.121. The van der Waals surface area contributed by atoms with Crippen LogP contribution in [0.3, 0.4) is 0 Å². The highest BCUT2D eigenvalue weighted by atomic mass is 32.1. The minimum atomic E-state index is -0.294. The lowest BCUT2D eigenvalue weighted by Gasteiger charge is -2.16. The summed E-state index contributed by atoms with van der Waals surface area (Å²) >= 11 is 1.58. The van der Waals surface area contributed by atoms with Crippen molar-refractivity contribution in [2.75, 3.05) is 5.32 Å². The zero-order chi connectivity index (χ0) is 14.2. The SMILES string of the molecule is CCC(Nc1ccccc1)C(=O)NN=Cc1cccs1. The Morgan fingerprint density at radius 2 is 2.10 bits per heavy atom. The van der Waals surface area contributed by atoms with Gasteiger partial charge in [-0.25, -0.2) is 5.43 Å². The van der Waals surface area contributed by atoms with Crippen LogP contribution in [0.4, 0.5) is 5.69 Å². The number of rotatable bonds is 6. The quantitative estimate of drug-likeness (QED) is 0.633. The summed E-state index contributed by atoms with van der Waals surface area (Å²) in [7, 11) is 0. The Labute approximate surface area is 122 Å². The zero-order valence-electron chi connectivity index (χ0n) is 11.2. The van der Waals surface area contributed by atoms with E-state index in [0.29, 0.717) is 6.42 Å². The number of anilines is 1. The Morgan fingerprint density at radius 3 is 2.75 bits per heavy atom. The van der Waals surface area contributed by atoms with Crippen molar-refractivity contribution in [3.8, 4) is 0 Å². The van der Waals surface area contributed by atoms with E-state index in [9.17, 15) is 4.79 Å². The fourth-order valence-corrected chi connectivity index (χ4v) is 2.28. The highest BCUT2D eigenvalue weighted by Gasteiger charge is 2.15. The van der Waals surface area contributed by atoms with Crippen molar-refractivity contribution in [2.24, 2.45) is 5.10 Å². The maximum Gasteiger partial charge on any atom is 0.262 e. The summed E-state index contributed by atoms with van der Waals surface area (Å²) in [5, 5.41) is 9.13. The van der Waals surface area contributed by atoms with Crippen molar-refractivity contribution in [3.63, 3.8) is 0 Å². The van der Waals surface area contributed by atoms with E-state index in [2.05, 4.69) is 15.8 Å². The van der Waals surface area contributed by atoms with E-state index >= 15 is 0 Å². The number of benzene rings is 1. The van der Waals surface area contributed by atoms with Gasteiger partial charge in [-0.2, -0.15) is 5.10 Å². The number of nitrogens with zero attached hydrogens (tertiary/aromatic N) is 1. The van der Waals surface area contributed by atoms with Gasteiger partial charge in [0.2, 0.25) is 0 Å². The first-order valence-corrected chi connectivity index (χ1v) is 7.35. The number of carbonyl (C=O) groups is 1. The average Bonchev–Trinajstić information content (AvgIpc) is 2.99. The molecular weight excluding hydrogens is 270 g/mol. The Kier molecular flexibility index (Phi) is 5.32. The number of thiophene rings is 1. The number of hydrazone groups is 1. The molecule has 4 nitrogen and oxygen atoms in total. The molecule has 0 fully saturated rings. The predicted octanol–water partition coefficient (Wildman–Crippen LogP) is 3.09. The molecule has 1 aromatic carbocycles. The number of nitrogens with one attached hydrogen (secondary N) is 2. The zero-order valence-corrected chi connectivity index (χ0v) is 12.1. The van der Waals surface area contributed by atoms with Crippen LogP contribution in [0.25, 0.3) is 0 Å². The highest BCUT2D eigenvalue weighted by Crippen LogP contribution is 2.09. The van der Waals surface area contributed by atoms with E-state index < -0.39 is 0 Å². The van der Waals surface area contributed by atoms with Gasteiger partial charge in [-0.3, -0.25) is 4.79 Å². The van der Waals surface area contributed by atoms with Gasteiger partial charge in [0.05, 0.1) is 6.21 Å². The molecule has 0 aliphatic rings. The van der Waals surface area contributed by atoms with Gasteiger partial charge in [-0.05, 0) is 30.0 Å². The fraction of sp³-hybridized carbons (Fsp3) is 0.200. The molecule has 1 unspecified atom stereocenters. The van der Waals surface area contributed by atoms with Gasteiger partial charge in [0, 0.05) is 10.6 Å². The predicted molar refractivity (Wildman–Crippen MR) is 84.2 cm³/mol. The first-order valence-electron chi connectivity index (χ1n) is 6.47. The third-order valence-electron chi connectivity index (χ3n) is 2.75. The van der Waals surface area contributed by atoms with E-state index in [1.54, 1.807) is 17.6 Å². The van der Waals surface area contributed by atoms with Crippen LogP contribution < -0.4 is 10.7 Å². The molecule has 0 bridgehead atoms. The van der Waals surface area contributed by atoms with E-state index in [1.165, 1.54) is 0 Å². The van der Waals surface area contributed by atoms with Crippen LogP contribution >= 0.6 is 11.3 Å². The van der Waals surface area contributed by atoms with Crippen LogP contribution in [-0.2, 0) is 4.79 Å². The summed E-state index contributed by atoms with van der Waals surface area (Å²) in [5.41, 5.74) is 3.49. The molecule has 0 spiro atoms. The van der Waals surface area contributed by atoms with E-state index in [0.717, 1.165) is 10.6 Å². The summed E-state index contributed by atoms with van der Waals surface area (Å²) in [6.07, 6.45) is 2.34. The lowest BCUT2D eigenvalue weighted by atomic mass is 10.2. The van der Waals surface area contributed by atoms with Crippen LogP contribution in [-0.4, -0.2) is 18.2 Å². The van der Waals surface area contributed by atoms with E-state index in [1.807, 2.05) is 54.8 Å². The van der Waals surface area contributed by atoms with Gasteiger partial charge >= 0.3 is 0 Å². The topological polar surface area (TPSA) is 53.5 Å². The number of para-hydroxylation sites is 1. The molecule has 0 saturated heterocycles. The first-order chi connectivity index (χ1) is 9.79. The second-order valence-corrected chi connectivity index (χ2v) is 5.20. The maximum atomic E-state index is 12.0. The molecule has 1 atom stereocenters. The molecule has 1 amide bonds. The van der Waals surface area contributed by atoms with Crippen molar-refractivity contribution in [2.45, 2.75) is 19.4 Å². The minimum absolute atomic E-state index is 0.135. The molecule has 5 heteroatoms. The largest absolute Gasteiger partial charge is 0.374 e. The molecular formula is C15H17N3OS. The smallest absolute Gasteiger partial charge is 0.262 e. The van der Waals surface area contributed by atoms with Crippen molar-refractivity contribution >= 4 is 29.1 Å². The minimum Gasteiger partial charge on any atom is -0.374 e. The van der Waals surface area contributed by atoms with Crippen molar-refractivity contribution in [1.29, 1.82) is 0 Å². The third-order valence-corrected chi connectivity index (χ3v) is 3.56. The molecule has 20 heavy (non-hydrogen) atoms. The molecule has 0 aliphatic carbocycles. The van der Waals surface area contributed by atoms with Gasteiger partial charge in [0.1, 0.15) is 6.04 Å². The van der Waals surface area contributed by atoms with Crippen LogP contribution in [0.5, 0.6) is 0 Å². The second kappa shape index (κ2) is 7.45. The molecule has 2 rings (SSSR count). The third kappa shape index (κ3) is 4.20. The van der Waals surface area contributed by atoms with Crippen LogP contribution in [0.1, 0.15) is 18.2 Å². The van der Waals surface area contributed by atoms with Crippen molar-refractivity contribution in [3.05, 3.63) is 52.7 Å². The van der Waals surface area contributed by atoms with Crippen LogP contribution in [0.2, 0.25) is 0 Å². The summed E-state index contributed by atoms with van der Waals surface area (Å²) in [5.74, 6) is -0.135. The van der Waals surface area contributed by atoms with Crippen LogP contribution in [0.15, 0.2) is 52.9 Å². The van der Waals surface area contributed by atoms with Gasteiger partial charge in [0.25, 0.3) is 5.91 Å². The van der Waals surface area contributed by atoms with E-state index in [4.69, 9.17) is 0 Å². The molecule has 104 valence electrons. The Morgan fingerprint density at radius 1 is 1.30 bits per heavy atom. The number of hydrogen-bond acceptors (Lipinski definition) is 4. The fourth-order valence-electron chi connectivity index (χ4n) is 1.69. The average molecular weight is 287 g/mol. The van der Waals surface area contributed by atoms with Gasteiger partial charge in [0.15, 0.2) is 0 Å². The van der Waals surface area contributed by atoms with Crippen molar-refractivity contribution in [1.82, 2.24) is 5.43 Å². The molecule has 0 aliphatic heterocycles. The number of carbonyl (C=O) groups excluding carboxylic acids is 1. The number of hydrogen-bond donors (Lipinski definition) is 2. The highest BCUT2D eigenvalue weighted by molar-refractivity contribution is 7.11. The van der Waals surface area contributed by atoms with E-state index in [-0.39, 0.29) is 11.9 Å². The Bertz CT molecular complexity index is 552. The molecule has 2 aromatic rings. The standard InChI is InChI=1S/C15H17N3OS/c1-2-14(17-12-7-4-3-5-8-12)15(19)18-16-11-13-9-6-10-20-13/h3-11,14,17H,2H2,1H3,(H,18,19). The summed E-state index contributed by atoms with van der Waals surface area (Å²) in [4.78, 5) is 13.0. The molecule has 0 radical (unpaired) electrons. The molecule has 2 N–H and O–H groups in total. The molecule has 0 saturated carbocycles. The molecule has 1 heterocycles. The lowest BCUT2D eigenvalue weighted by Crippen LogP contribution is -2.36. The number of amides is 1. The summed E-state index contributed by atoms with van der Waals surface area (Å²) < 4.78 is 0. The Balaban J connectivity index is 1.89. The van der Waals surface area contributed by atoms with Crippen LogP contribution in [0, 0.1) is 0 Å².